The van der Waals surface area contributed by atoms with Crippen molar-refractivity contribution in [3.05, 3.63) is 82.1 Å². The standard InChI is InChI=1S/C28H32N4O3/c1-28(2,3)21-11-9-19(10-12-21)25-24-22(30(4)27(35)29-25)16-32(26(24)34)17-23(33)31-14-13-18-7-5-6-8-20(18)15-31/h5-12,25H,13-17H2,1-4H3,(H,29,35). The summed E-state index contributed by atoms with van der Waals surface area (Å²) >= 11 is 0. The molecular weight excluding hydrogens is 440 g/mol. The van der Waals surface area contributed by atoms with Crippen molar-refractivity contribution in [1.82, 2.24) is 20.0 Å². The number of fused-ring (bicyclic) bond motifs is 1. The lowest BCUT2D eigenvalue weighted by atomic mass is 9.85. The fraction of sp³-hybridized carbons (Fsp3) is 0.393. The van der Waals surface area contributed by atoms with Crippen LogP contribution in [-0.2, 0) is 28.0 Å². The molecule has 5 rings (SSSR count). The first-order valence-electron chi connectivity index (χ1n) is 12.1. The predicted octanol–water partition coefficient (Wildman–Crippen LogP) is 3.36. The SMILES string of the molecule is CN1C(=O)NC(c2ccc(C(C)(C)C)cc2)C2=C1CN(CC(=O)N1CCc3ccccc3C1)C2=O. The van der Waals surface area contributed by atoms with Crippen LogP contribution in [-0.4, -0.2) is 59.2 Å². The Hall–Kier alpha value is -3.61. The van der Waals surface area contributed by atoms with E-state index < -0.39 is 6.04 Å². The molecule has 0 spiro atoms. The number of nitrogens with zero attached hydrogens (tertiary/aromatic N) is 3. The van der Waals surface area contributed by atoms with Crippen LogP contribution in [0.25, 0.3) is 0 Å². The summed E-state index contributed by atoms with van der Waals surface area (Å²) in [4.78, 5) is 44.3. The van der Waals surface area contributed by atoms with Crippen LogP contribution in [0.2, 0.25) is 0 Å². The lowest BCUT2D eigenvalue weighted by Gasteiger charge is -2.31. The number of likely N-dealkylation sites (N-methyl/N-ethyl adjacent to an activating group) is 1. The Balaban J connectivity index is 1.35. The monoisotopic (exact) mass is 472 g/mol. The van der Waals surface area contributed by atoms with E-state index in [4.69, 9.17) is 0 Å². The summed E-state index contributed by atoms with van der Waals surface area (Å²) < 4.78 is 0. The van der Waals surface area contributed by atoms with Crippen molar-refractivity contribution in [2.24, 2.45) is 0 Å². The Morgan fingerprint density at radius 3 is 2.37 bits per heavy atom. The molecular formula is C28H32N4O3. The maximum absolute atomic E-state index is 13.5. The molecule has 182 valence electrons. The van der Waals surface area contributed by atoms with Gasteiger partial charge in [0.15, 0.2) is 0 Å². The van der Waals surface area contributed by atoms with Gasteiger partial charge in [-0.2, -0.15) is 0 Å². The van der Waals surface area contributed by atoms with Gasteiger partial charge in [-0.1, -0.05) is 69.3 Å². The van der Waals surface area contributed by atoms with E-state index in [0.29, 0.717) is 24.4 Å². The lowest BCUT2D eigenvalue weighted by Crippen LogP contribution is -2.45. The van der Waals surface area contributed by atoms with Crippen LogP contribution in [0, 0.1) is 0 Å². The zero-order chi connectivity index (χ0) is 24.9. The quantitative estimate of drug-likeness (QED) is 0.745. The number of hydrogen-bond acceptors (Lipinski definition) is 3. The minimum absolute atomic E-state index is 0.00567. The molecule has 35 heavy (non-hydrogen) atoms. The summed E-state index contributed by atoms with van der Waals surface area (Å²) in [6.07, 6.45) is 0.818. The molecule has 4 amide bonds. The number of nitrogens with one attached hydrogen (secondary N) is 1. The molecule has 0 bridgehead atoms. The third-order valence-corrected chi connectivity index (χ3v) is 7.35. The van der Waals surface area contributed by atoms with Crippen LogP contribution in [0.4, 0.5) is 4.79 Å². The molecule has 3 heterocycles. The van der Waals surface area contributed by atoms with Gasteiger partial charge in [-0.15, -0.1) is 0 Å². The summed E-state index contributed by atoms with van der Waals surface area (Å²) in [7, 11) is 1.67. The summed E-state index contributed by atoms with van der Waals surface area (Å²) in [6.45, 7) is 7.92. The van der Waals surface area contributed by atoms with Crippen molar-refractivity contribution in [2.75, 3.05) is 26.7 Å². The predicted molar refractivity (Wildman–Crippen MR) is 133 cm³/mol. The van der Waals surface area contributed by atoms with E-state index in [1.165, 1.54) is 16.0 Å². The summed E-state index contributed by atoms with van der Waals surface area (Å²) in [5, 5.41) is 2.98. The van der Waals surface area contributed by atoms with Gasteiger partial charge >= 0.3 is 6.03 Å². The Kier molecular flexibility index (Phi) is 5.66. The number of hydrogen-bond donors (Lipinski definition) is 1. The number of benzene rings is 2. The van der Waals surface area contributed by atoms with Crippen molar-refractivity contribution in [1.29, 1.82) is 0 Å². The van der Waals surface area contributed by atoms with Crippen LogP contribution in [0.15, 0.2) is 59.8 Å². The van der Waals surface area contributed by atoms with E-state index in [9.17, 15) is 14.4 Å². The van der Waals surface area contributed by atoms with Crippen LogP contribution in [0.1, 0.15) is 49.1 Å². The van der Waals surface area contributed by atoms with E-state index >= 15 is 0 Å². The molecule has 1 atom stereocenters. The van der Waals surface area contributed by atoms with Crippen molar-refractivity contribution in [2.45, 2.75) is 45.2 Å². The van der Waals surface area contributed by atoms with E-state index in [1.807, 2.05) is 29.2 Å². The molecule has 3 aliphatic rings. The molecule has 7 heteroatoms. The smallest absolute Gasteiger partial charge is 0.322 e. The first-order valence-corrected chi connectivity index (χ1v) is 12.1. The molecule has 0 aromatic heterocycles. The van der Waals surface area contributed by atoms with E-state index in [-0.39, 0.29) is 36.3 Å². The first kappa shape index (κ1) is 23.1. The maximum Gasteiger partial charge on any atom is 0.322 e. The summed E-state index contributed by atoms with van der Waals surface area (Å²) in [5.74, 6) is -0.261. The molecule has 0 saturated heterocycles. The third kappa shape index (κ3) is 4.20. The van der Waals surface area contributed by atoms with Gasteiger partial charge < -0.3 is 15.1 Å². The Labute approximate surface area is 206 Å². The normalized spacial score (nSPS) is 20.1. The molecule has 1 unspecified atom stereocenters. The third-order valence-electron chi connectivity index (χ3n) is 7.35. The van der Waals surface area contributed by atoms with Gasteiger partial charge in [0.1, 0.15) is 6.54 Å². The highest BCUT2D eigenvalue weighted by Crippen LogP contribution is 2.36. The molecule has 0 fully saturated rings. The van der Waals surface area contributed by atoms with Gasteiger partial charge in [0, 0.05) is 20.1 Å². The van der Waals surface area contributed by atoms with Crippen LogP contribution in [0.3, 0.4) is 0 Å². The van der Waals surface area contributed by atoms with Crippen molar-refractivity contribution in [3.63, 3.8) is 0 Å². The van der Waals surface area contributed by atoms with E-state index in [0.717, 1.165) is 17.5 Å². The average Bonchev–Trinajstić information content (AvgIpc) is 3.16. The Morgan fingerprint density at radius 2 is 1.69 bits per heavy atom. The van der Waals surface area contributed by atoms with E-state index in [2.05, 4.69) is 50.4 Å². The second-order valence-corrected chi connectivity index (χ2v) is 10.7. The highest BCUT2D eigenvalue weighted by Gasteiger charge is 2.43. The van der Waals surface area contributed by atoms with Gasteiger partial charge in [0.05, 0.1) is 23.9 Å². The maximum atomic E-state index is 13.5. The van der Waals surface area contributed by atoms with Gasteiger partial charge in [-0.25, -0.2) is 4.79 Å². The van der Waals surface area contributed by atoms with Crippen LogP contribution < -0.4 is 5.32 Å². The molecule has 1 N–H and O–H groups in total. The molecule has 0 saturated carbocycles. The lowest BCUT2D eigenvalue weighted by molar-refractivity contribution is -0.138. The van der Waals surface area contributed by atoms with Gasteiger partial charge in [0.25, 0.3) is 5.91 Å². The minimum atomic E-state index is -0.530. The second kappa shape index (κ2) is 8.56. The average molecular weight is 473 g/mol. The minimum Gasteiger partial charge on any atom is -0.336 e. The Bertz CT molecular complexity index is 1230. The van der Waals surface area contributed by atoms with Gasteiger partial charge in [-0.3, -0.25) is 14.5 Å². The fourth-order valence-electron chi connectivity index (χ4n) is 5.15. The molecule has 2 aromatic carbocycles. The topological polar surface area (TPSA) is 73.0 Å². The highest BCUT2D eigenvalue weighted by molar-refractivity contribution is 6.03. The molecule has 2 aromatic rings. The fourth-order valence-corrected chi connectivity index (χ4v) is 5.15. The summed E-state index contributed by atoms with van der Waals surface area (Å²) in [6, 6.07) is 15.5. The molecule has 3 aliphatic heterocycles. The van der Waals surface area contributed by atoms with Crippen molar-refractivity contribution >= 4 is 17.8 Å². The zero-order valence-corrected chi connectivity index (χ0v) is 20.8. The number of urea groups is 1. The van der Waals surface area contributed by atoms with Crippen molar-refractivity contribution in [3.8, 4) is 0 Å². The van der Waals surface area contributed by atoms with Crippen LogP contribution >= 0.6 is 0 Å². The molecule has 0 aliphatic carbocycles. The number of amides is 4. The van der Waals surface area contributed by atoms with Gasteiger partial charge in [0.2, 0.25) is 5.91 Å². The van der Waals surface area contributed by atoms with Gasteiger partial charge in [-0.05, 0) is 34.1 Å². The summed E-state index contributed by atoms with van der Waals surface area (Å²) in [5.41, 5.74) is 5.70. The zero-order valence-electron chi connectivity index (χ0n) is 20.8. The van der Waals surface area contributed by atoms with Crippen molar-refractivity contribution < 1.29 is 14.4 Å². The van der Waals surface area contributed by atoms with Crippen LogP contribution in [0.5, 0.6) is 0 Å². The number of carbonyl (C=O) groups excluding carboxylic acids is 3. The molecule has 7 nitrogen and oxygen atoms in total. The number of carbonyl (C=O) groups is 3. The first-order chi connectivity index (χ1) is 16.6. The number of rotatable bonds is 3. The second-order valence-electron chi connectivity index (χ2n) is 10.7. The largest absolute Gasteiger partial charge is 0.336 e. The van der Waals surface area contributed by atoms with E-state index in [1.54, 1.807) is 11.9 Å². The molecule has 0 radical (unpaired) electrons. The highest BCUT2D eigenvalue weighted by atomic mass is 16.2. The Morgan fingerprint density at radius 1 is 1.00 bits per heavy atom.